The Balaban J connectivity index is 1.55. The first kappa shape index (κ1) is 22.3. The highest BCUT2D eigenvalue weighted by molar-refractivity contribution is 6.30. The summed E-state index contributed by atoms with van der Waals surface area (Å²) in [5, 5.41) is 0.609. The number of anilines is 1. The van der Waals surface area contributed by atoms with Gasteiger partial charge >= 0.3 is 0 Å². The lowest BCUT2D eigenvalue weighted by Crippen LogP contribution is -2.46. The molecule has 2 aromatic rings. The molecule has 6 heteroatoms. The van der Waals surface area contributed by atoms with E-state index in [1.54, 1.807) is 41.3 Å². The first-order chi connectivity index (χ1) is 15.5. The van der Waals surface area contributed by atoms with Crippen LogP contribution in [0.2, 0.25) is 5.02 Å². The predicted molar refractivity (Wildman–Crippen MR) is 125 cm³/mol. The van der Waals surface area contributed by atoms with Crippen LogP contribution in [0, 0.1) is 0 Å². The summed E-state index contributed by atoms with van der Waals surface area (Å²) in [6.45, 7) is 0.435. The van der Waals surface area contributed by atoms with Gasteiger partial charge in [-0.3, -0.25) is 14.4 Å². The van der Waals surface area contributed by atoms with Crippen molar-refractivity contribution in [2.24, 2.45) is 0 Å². The Kier molecular flexibility index (Phi) is 7.05. The molecule has 0 spiro atoms. The maximum atomic E-state index is 13.3. The second-order valence-corrected chi connectivity index (χ2v) is 8.81. The number of amides is 3. The summed E-state index contributed by atoms with van der Waals surface area (Å²) < 4.78 is 0. The first-order valence-corrected chi connectivity index (χ1v) is 11.5. The highest BCUT2D eigenvalue weighted by Crippen LogP contribution is 2.28. The van der Waals surface area contributed by atoms with Crippen molar-refractivity contribution in [1.29, 1.82) is 0 Å². The van der Waals surface area contributed by atoms with E-state index in [1.165, 1.54) is 16.9 Å². The Morgan fingerprint density at radius 2 is 1.78 bits per heavy atom. The van der Waals surface area contributed by atoms with Gasteiger partial charge in [0, 0.05) is 11.6 Å². The molecule has 166 valence electrons. The van der Waals surface area contributed by atoms with Crippen LogP contribution in [0.1, 0.15) is 44.1 Å². The maximum Gasteiger partial charge on any atom is 0.257 e. The van der Waals surface area contributed by atoms with Gasteiger partial charge in [0.1, 0.15) is 6.04 Å². The molecule has 3 amide bonds. The third-order valence-electron chi connectivity index (χ3n) is 6.16. The van der Waals surface area contributed by atoms with Crippen LogP contribution in [-0.4, -0.2) is 35.2 Å². The Hall–Kier alpha value is -2.92. The van der Waals surface area contributed by atoms with Crippen molar-refractivity contribution in [1.82, 2.24) is 4.90 Å². The van der Waals surface area contributed by atoms with E-state index in [9.17, 15) is 14.4 Å². The average Bonchev–Trinajstić information content (AvgIpc) is 3.10. The number of halogens is 1. The summed E-state index contributed by atoms with van der Waals surface area (Å²) in [5.41, 5.74) is 2.71. The largest absolute Gasteiger partial charge is 0.329 e. The van der Waals surface area contributed by atoms with E-state index in [-0.39, 0.29) is 30.6 Å². The van der Waals surface area contributed by atoms with Gasteiger partial charge < -0.3 is 4.90 Å². The number of nitrogens with zero attached hydrogens (tertiary/aromatic N) is 2. The Morgan fingerprint density at radius 3 is 2.47 bits per heavy atom. The fourth-order valence-electron chi connectivity index (χ4n) is 4.44. The monoisotopic (exact) mass is 450 g/mol. The smallest absolute Gasteiger partial charge is 0.257 e. The number of carbonyl (C=O) groups is 3. The zero-order chi connectivity index (χ0) is 22.5. The van der Waals surface area contributed by atoms with Crippen LogP contribution in [0.5, 0.6) is 0 Å². The van der Waals surface area contributed by atoms with Gasteiger partial charge in [0.05, 0.1) is 18.5 Å². The van der Waals surface area contributed by atoms with Crippen molar-refractivity contribution in [3.05, 3.63) is 76.8 Å². The minimum absolute atomic E-state index is 0.0130. The first-order valence-electron chi connectivity index (χ1n) is 11.2. The number of hydrogen-bond donors (Lipinski definition) is 0. The van der Waals surface area contributed by atoms with Gasteiger partial charge in [0.25, 0.3) is 5.91 Å². The standard InChI is InChI=1S/C26H27ClN2O3/c27-21-13-11-20(12-14-21)17-24(30)28(16-15-19-7-3-1-4-8-19)23-18-25(31)29(26(23)32)22-9-5-2-6-10-22/h2,5-7,9-14,23H,1,3-4,8,15-18H2. The summed E-state index contributed by atoms with van der Waals surface area (Å²) in [4.78, 5) is 42.2. The molecule has 0 bridgehead atoms. The molecular formula is C26H27ClN2O3. The third-order valence-corrected chi connectivity index (χ3v) is 6.41. The van der Waals surface area contributed by atoms with E-state index >= 15 is 0 Å². The van der Waals surface area contributed by atoms with Gasteiger partial charge in [0.2, 0.25) is 11.8 Å². The van der Waals surface area contributed by atoms with Crippen molar-refractivity contribution in [3.8, 4) is 0 Å². The molecule has 0 radical (unpaired) electrons. The van der Waals surface area contributed by atoms with Gasteiger partial charge in [-0.25, -0.2) is 4.90 Å². The Bertz CT molecular complexity index is 1020. The second kappa shape index (κ2) is 10.1. The zero-order valence-corrected chi connectivity index (χ0v) is 18.8. The van der Waals surface area contributed by atoms with Gasteiger partial charge in [-0.2, -0.15) is 0 Å². The van der Waals surface area contributed by atoms with Gasteiger partial charge in [-0.1, -0.05) is 53.6 Å². The van der Waals surface area contributed by atoms with E-state index in [0.29, 0.717) is 17.3 Å². The van der Waals surface area contributed by atoms with Gasteiger partial charge in [0.15, 0.2) is 0 Å². The third kappa shape index (κ3) is 5.10. The van der Waals surface area contributed by atoms with Crippen molar-refractivity contribution < 1.29 is 14.4 Å². The van der Waals surface area contributed by atoms with E-state index in [4.69, 9.17) is 11.6 Å². The van der Waals surface area contributed by atoms with Gasteiger partial charge in [-0.05, 0) is 61.9 Å². The molecule has 2 aliphatic rings. The molecule has 2 aromatic carbocycles. The number of imide groups is 1. The lowest BCUT2D eigenvalue weighted by Gasteiger charge is -2.29. The lowest BCUT2D eigenvalue weighted by molar-refractivity contribution is -0.137. The van der Waals surface area contributed by atoms with Crippen molar-refractivity contribution >= 4 is 35.0 Å². The number of benzene rings is 2. The van der Waals surface area contributed by atoms with Crippen molar-refractivity contribution in [3.63, 3.8) is 0 Å². The molecule has 1 aliphatic heterocycles. The summed E-state index contributed by atoms with van der Waals surface area (Å²) in [6.07, 6.45) is 7.62. The molecule has 4 rings (SSSR count). The number of rotatable bonds is 7. The van der Waals surface area contributed by atoms with E-state index < -0.39 is 6.04 Å². The summed E-state index contributed by atoms with van der Waals surface area (Å²) >= 11 is 5.97. The highest BCUT2D eigenvalue weighted by Gasteiger charge is 2.44. The quantitative estimate of drug-likeness (QED) is 0.443. The number of allylic oxidation sites excluding steroid dienone is 1. The number of para-hydroxylation sites is 1. The minimum atomic E-state index is -0.772. The molecule has 0 N–H and O–H groups in total. The zero-order valence-electron chi connectivity index (χ0n) is 18.0. The van der Waals surface area contributed by atoms with Crippen LogP contribution in [0.3, 0.4) is 0 Å². The summed E-state index contributed by atoms with van der Waals surface area (Å²) in [5.74, 6) is -0.750. The van der Waals surface area contributed by atoms with Crippen molar-refractivity contribution in [2.45, 2.75) is 51.0 Å². The fourth-order valence-corrected chi connectivity index (χ4v) is 4.56. The molecule has 1 aliphatic carbocycles. The maximum absolute atomic E-state index is 13.3. The molecular weight excluding hydrogens is 424 g/mol. The van der Waals surface area contributed by atoms with Crippen LogP contribution in [0.4, 0.5) is 5.69 Å². The number of hydrogen-bond acceptors (Lipinski definition) is 3. The molecule has 5 nitrogen and oxygen atoms in total. The molecule has 1 fully saturated rings. The van der Waals surface area contributed by atoms with E-state index in [0.717, 1.165) is 31.2 Å². The van der Waals surface area contributed by atoms with Crippen LogP contribution in [0.25, 0.3) is 0 Å². The predicted octanol–water partition coefficient (Wildman–Crippen LogP) is 4.93. The molecule has 1 heterocycles. The minimum Gasteiger partial charge on any atom is -0.329 e. The van der Waals surface area contributed by atoms with Crippen molar-refractivity contribution in [2.75, 3.05) is 11.4 Å². The van der Waals surface area contributed by atoms with Crippen LogP contribution >= 0.6 is 11.6 Å². The highest BCUT2D eigenvalue weighted by atomic mass is 35.5. The second-order valence-electron chi connectivity index (χ2n) is 8.37. The molecule has 1 unspecified atom stereocenters. The van der Waals surface area contributed by atoms with Crippen LogP contribution < -0.4 is 4.90 Å². The van der Waals surface area contributed by atoms with Gasteiger partial charge in [-0.15, -0.1) is 0 Å². The number of carbonyl (C=O) groups excluding carboxylic acids is 3. The Labute approximate surface area is 193 Å². The summed E-state index contributed by atoms with van der Waals surface area (Å²) in [6, 6.07) is 15.3. The molecule has 1 atom stereocenters. The van der Waals surface area contributed by atoms with Crippen LogP contribution in [0.15, 0.2) is 66.2 Å². The SMILES string of the molecule is O=C1CC(N(CCC2=CCCCC2)C(=O)Cc2ccc(Cl)cc2)C(=O)N1c1ccccc1. The Morgan fingerprint density at radius 1 is 1.03 bits per heavy atom. The summed E-state index contributed by atoms with van der Waals surface area (Å²) in [7, 11) is 0. The van der Waals surface area contributed by atoms with E-state index in [1.807, 2.05) is 18.2 Å². The topological polar surface area (TPSA) is 57.7 Å². The molecule has 32 heavy (non-hydrogen) atoms. The molecule has 0 aromatic heterocycles. The normalized spacial score (nSPS) is 18.6. The van der Waals surface area contributed by atoms with Crippen LogP contribution in [-0.2, 0) is 20.8 Å². The lowest BCUT2D eigenvalue weighted by atomic mass is 9.96. The molecule has 0 saturated carbocycles. The fraction of sp³-hybridized carbons (Fsp3) is 0.346. The van der Waals surface area contributed by atoms with E-state index in [2.05, 4.69) is 6.08 Å². The molecule has 1 saturated heterocycles. The average molecular weight is 451 g/mol.